The number of rotatable bonds is 5. The number of aromatic nitrogens is 5. The van der Waals surface area contributed by atoms with Gasteiger partial charge in [-0.25, -0.2) is 14.5 Å². The average Bonchev–Trinajstić information content (AvgIpc) is 3.19. The van der Waals surface area contributed by atoms with Crippen molar-refractivity contribution in [2.45, 2.75) is 6.54 Å². The van der Waals surface area contributed by atoms with Gasteiger partial charge in [0.15, 0.2) is 5.82 Å². The Hall–Kier alpha value is -3.53. The number of carbonyl (C=O) groups excluding carboxylic acids is 1. The zero-order chi connectivity index (χ0) is 20.1. The Morgan fingerprint density at radius 1 is 1.21 bits per heavy atom. The van der Waals surface area contributed by atoms with Gasteiger partial charge in [0, 0.05) is 44.1 Å². The van der Waals surface area contributed by atoms with Crippen LogP contribution in [-0.2, 0) is 18.3 Å². The zero-order valence-corrected chi connectivity index (χ0v) is 16.1. The number of aryl methyl sites for hydroxylation is 1. The van der Waals surface area contributed by atoms with Crippen LogP contribution in [0.15, 0.2) is 42.6 Å². The maximum atomic E-state index is 12.3. The summed E-state index contributed by atoms with van der Waals surface area (Å²) < 4.78 is 6.96. The number of tetrazole rings is 1. The summed E-state index contributed by atoms with van der Waals surface area (Å²) in [6.07, 6.45) is 1.76. The molecular formula is C19H22N8O2. The summed E-state index contributed by atoms with van der Waals surface area (Å²) >= 11 is 0. The highest BCUT2D eigenvalue weighted by Gasteiger charge is 2.13. The number of pyridine rings is 1. The molecule has 1 aromatic carbocycles. The molecule has 1 fully saturated rings. The van der Waals surface area contributed by atoms with E-state index in [2.05, 4.69) is 36.0 Å². The van der Waals surface area contributed by atoms with Gasteiger partial charge in [-0.05, 0) is 40.3 Å². The van der Waals surface area contributed by atoms with Crippen molar-refractivity contribution in [3.05, 3.63) is 48.2 Å². The first-order valence-corrected chi connectivity index (χ1v) is 9.34. The Morgan fingerprint density at radius 2 is 2.07 bits per heavy atom. The predicted molar refractivity (Wildman–Crippen MR) is 107 cm³/mol. The monoisotopic (exact) mass is 394 g/mol. The van der Waals surface area contributed by atoms with Crippen LogP contribution in [-0.4, -0.2) is 57.5 Å². The molecule has 1 saturated heterocycles. The Bertz CT molecular complexity index is 984. The molecule has 29 heavy (non-hydrogen) atoms. The van der Waals surface area contributed by atoms with Crippen molar-refractivity contribution in [1.29, 1.82) is 0 Å². The summed E-state index contributed by atoms with van der Waals surface area (Å²) in [4.78, 5) is 18.9. The van der Waals surface area contributed by atoms with E-state index in [4.69, 9.17) is 4.74 Å². The molecule has 0 bridgehead atoms. The maximum Gasteiger partial charge on any atom is 0.319 e. The summed E-state index contributed by atoms with van der Waals surface area (Å²) in [5.41, 5.74) is 2.46. The van der Waals surface area contributed by atoms with Crippen molar-refractivity contribution in [2.75, 3.05) is 36.5 Å². The van der Waals surface area contributed by atoms with Crippen molar-refractivity contribution < 1.29 is 9.53 Å². The number of hydrogen-bond acceptors (Lipinski definition) is 7. The number of morpholine rings is 1. The molecule has 1 aliphatic heterocycles. The minimum atomic E-state index is -0.289. The van der Waals surface area contributed by atoms with Crippen LogP contribution < -0.4 is 15.5 Å². The fraction of sp³-hybridized carbons (Fsp3) is 0.316. The highest BCUT2D eigenvalue weighted by atomic mass is 16.5. The second kappa shape index (κ2) is 8.65. The van der Waals surface area contributed by atoms with Crippen LogP contribution in [0.25, 0.3) is 11.4 Å². The number of amides is 2. The topological polar surface area (TPSA) is 110 Å². The number of ether oxygens (including phenoxy) is 1. The quantitative estimate of drug-likeness (QED) is 0.673. The lowest BCUT2D eigenvalue weighted by molar-refractivity contribution is 0.122. The molecule has 1 aliphatic rings. The van der Waals surface area contributed by atoms with Gasteiger partial charge in [0.1, 0.15) is 5.82 Å². The van der Waals surface area contributed by atoms with Crippen molar-refractivity contribution >= 4 is 17.5 Å². The van der Waals surface area contributed by atoms with Crippen molar-refractivity contribution in [2.24, 2.45) is 7.05 Å². The molecule has 0 atom stereocenters. The number of anilines is 2. The molecule has 150 valence electrons. The van der Waals surface area contributed by atoms with E-state index < -0.39 is 0 Å². The summed E-state index contributed by atoms with van der Waals surface area (Å²) in [5, 5.41) is 17.2. The van der Waals surface area contributed by atoms with Crippen LogP contribution in [0.3, 0.4) is 0 Å². The molecule has 3 heterocycles. The van der Waals surface area contributed by atoms with Gasteiger partial charge in [-0.1, -0.05) is 12.1 Å². The van der Waals surface area contributed by atoms with Crippen LogP contribution in [0.5, 0.6) is 0 Å². The SMILES string of the molecule is Cn1nnnc1-c1cccc(NC(=O)NCc2ccnc(N3CCOCC3)c2)c1. The highest BCUT2D eigenvalue weighted by molar-refractivity contribution is 5.89. The minimum absolute atomic E-state index is 0.289. The number of nitrogens with one attached hydrogen (secondary N) is 2. The maximum absolute atomic E-state index is 12.3. The second-order valence-corrected chi connectivity index (χ2v) is 6.64. The van der Waals surface area contributed by atoms with Crippen molar-refractivity contribution in [3.63, 3.8) is 0 Å². The zero-order valence-electron chi connectivity index (χ0n) is 16.1. The van der Waals surface area contributed by atoms with Crippen LogP contribution in [0.1, 0.15) is 5.56 Å². The third-order valence-corrected chi connectivity index (χ3v) is 4.60. The van der Waals surface area contributed by atoms with Crippen LogP contribution in [0.4, 0.5) is 16.3 Å². The van der Waals surface area contributed by atoms with Crippen molar-refractivity contribution in [1.82, 2.24) is 30.5 Å². The molecule has 2 amide bonds. The number of benzene rings is 1. The van der Waals surface area contributed by atoms with Gasteiger partial charge in [-0.3, -0.25) is 0 Å². The lowest BCUT2D eigenvalue weighted by Crippen LogP contribution is -2.36. The van der Waals surface area contributed by atoms with Gasteiger partial charge < -0.3 is 20.3 Å². The summed E-state index contributed by atoms with van der Waals surface area (Å²) in [6.45, 7) is 3.45. The molecule has 0 aliphatic carbocycles. The van der Waals surface area contributed by atoms with Gasteiger partial charge in [-0.15, -0.1) is 5.10 Å². The Balaban J connectivity index is 1.35. The molecule has 0 spiro atoms. The predicted octanol–water partition coefficient (Wildman–Crippen LogP) is 1.43. The van der Waals surface area contributed by atoms with E-state index in [1.54, 1.807) is 17.9 Å². The first-order valence-electron chi connectivity index (χ1n) is 9.34. The van der Waals surface area contributed by atoms with Gasteiger partial charge in [0.25, 0.3) is 0 Å². The lowest BCUT2D eigenvalue weighted by Gasteiger charge is -2.28. The van der Waals surface area contributed by atoms with Gasteiger partial charge in [0.05, 0.1) is 13.2 Å². The van der Waals surface area contributed by atoms with E-state index in [0.717, 1.165) is 30.0 Å². The fourth-order valence-corrected chi connectivity index (χ4v) is 3.10. The molecule has 4 rings (SSSR count). The van der Waals surface area contributed by atoms with E-state index in [-0.39, 0.29) is 6.03 Å². The Morgan fingerprint density at radius 3 is 2.86 bits per heavy atom. The average molecular weight is 394 g/mol. The summed E-state index contributed by atoms with van der Waals surface area (Å²) in [7, 11) is 1.77. The standard InChI is InChI=1S/C19H22N8O2/c1-26-18(23-24-25-26)15-3-2-4-16(12-15)22-19(28)21-13-14-5-6-20-17(11-14)27-7-9-29-10-8-27/h2-6,11-12H,7-10,13H2,1H3,(H2,21,22,28). The number of nitrogens with zero attached hydrogens (tertiary/aromatic N) is 6. The molecule has 0 saturated carbocycles. The second-order valence-electron chi connectivity index (χ2n) is 6.64. The molecule has 0 unspecified atom stereocenters. The first kappa shape index (κ1) is 18.8. The van der Waals surface area contributed by atoms with Crippen LogP contribution in [0, 0.1) is 0 Å². The summed E-state index contributed by atoms with van der Waals surface area (Å²) in [6, 6.07) is 11.0. The molecule has 3 aromatic rings. The van der Waals surface area contributed by atoms with Crippen molar-refractivity contribution in [3.8, 4) is 11.4 Å². The molecule has 2 aromatic heterocycles. The van der Waals surface area contributed by atoms with Crippen LogP contribution >= 0.6 is 0 Å². The normalized spacial score (nSPS) is 13.9. The lowest BCUT2D eigenvalue weighted by atomic mass is 10.2. The minimum Gasteiger partial charge on any atom is -0.378 e. The third-order valence-electron chi connectivity index (χ3n) is 4.60. The molecule has 0 radical (unpaired) electrons. The van der Waals surface area contributed by atoms with E-state index in [0.29, 0.717) is 31.3 Å². The molecule has 10 heteroatoms. The van der Waals surface area contributed by atoms with E-state index in [9.17, 15) is 4.79 Å². The first-order chi connectivity index (χ1) is 14.2. The largest absolute Gasteiger partial charge is 0.378 e. The highest BCUT2D eigenvalue weighted by Crippen LogP contribution is 2.19. The van der Waals surface area contributed by atoms with Crippen LogP contribution in [0.2, 0.25) is 0 Å². The Labute approximate surface area is 167 Å². The van der Waals surface area contributed by atoms with E-state index >= 15 is 0 Å². The van der Waals surface area contributed by atoms with Gasteiger partial charge in [-0.2, -0.15) is 0 Å². The smallest absolute Gasteiger partial charge is 0.319 e. The summed E-state index contributed by atoms with van der Waals surface area (Å²) in [5.74, 6) is 1.53. The Kier molecular flexibility index (Phi) is 5.61. The van der Waals surface area contributed by atoms with Gasteiger partial charge >= 0.3 is 6.03 Å². The number of urea groups is 1. The van der Waals surface area contributed by atoms with E-state index in [1.165, 1.54) is 0 Å². The molecule has 10 nitrogen and oxygen atoms in total. The molecule has 2 N–H and O–H groups in total. The molecular weight excluding hydrogens is 372 g/mol. The fourth-order valence-electron chi connectivity index (χ4n) is 3.10. The van der Waals surface area contributed by atoms with E-state index in [1.807, 2.05) is 36.4 Å². The number of hydrogen-bond donors (Lipinski definition) is 2. The third kappa shape index (κ3) is 4.66. The number of carbonyl (C=O) groups is 1. The van der Waals surface area contributed by atoms with Gasteiger partial charge in [0.2, 0.25) is 0 Å².